The van der Waals surface area contributed by atoms with E-state index in [4.69, 9.17) is 0 Å². The van der Waals surface area contributed by atoms with Gasteiger partial charge in [-0.25, -0.2) is 8.78 Å². The Balaban J connectivity index is 1.38. The Morgan fingerprint density at radius 3 is 1.97 bits per heavy atom. The van der Waals surface area contributed by atoms with Gasteiger partial charge >= 0.3 is 0 Å². The highest BCUT2D eigenvalue weighted by atomic mass is 19.1. The molecule has 6 heteroatoms. The lowest BCUT2D eigenvalue weighted by Crippen LogP contribution is -2.49. The van der Waals surface area contributed by atoms with Crippen molar-refractivity contribution < 1.29 is 13.6 Å². The predicted molar refractivity (Wildman–Crippen MR) is 120 cm³/mol. The number of benzene rings is 2. The molecule has 1 aromatic heterocycles. The van der Waals surface area contributed by atoms with Crippen molar-refractivity contribution >= 4 is 5.91 Å². The maximum absolute atomic E-state index is 13.5. The van der Waals surface area contributed by atoms with Crippen LogP contribution in [0.4, 0.5) is 8.78 Å². The summed E-state index contributed by atoms with van der Waals surface area (Å²) in [4.78, 5) is 21.2. The van der Waals surface area contributed by atoms with Crippen molar-refractivity contribution in [2.45, 2.75) is 25.3 Å². The number of carbonyl (C=O) groups excluding carboxylic acids is 1. The second kappa shape index (κ2) is 10.5. The lowest BCUT2D eigenvalue weighted by molar-refractivity contribution is -0.133. The van der Waals surface area contributed by atoms with Gasteiger partial charge in [-0.05, 0) is 60.4 Å². The largest absolute Gasteiger partial charge is 0.340 e. The summed E-state index contributed by atoms with van der Waals surface area (Å²) < 4.78 is 27.0. The minimum atomic E-state index is -0.285. The number of halogens is 2. The summed E-state index contributed by atoms with van der Waals surface area (Å²) in [5.41, 5.74) is 2.91. The summed E-state index contributed by atoms with van der Waals surface area (Å²) in [6.07, 6.45) is 3.86. The van der Waals surface area contributed by atoms with Gasteiger partial charge in [-0.1, -0.05) is 30.3 Å². The molecule has 32 heavy (non-hydrogen) atoms. The van der Waals surface area contributed by atoms with Crippen LogP contribution in [0, 0.1) is 11.6 Å². The van der Waals surface area contributed by atoms with E-state index < -0.39 is 0 Å². The molecule has 0 aliphatic carbocycles. The van der Waals surface area contributed by atoms with Crippen molar-refractivity contribution in [3.05, 3.63) is 101 Å². The highest BCUT2D eigenvalue weighted by Gasteiger charge is 2.28. The van der Waals surface area contributed by atoms with Crippen LogP contribution in [-0.2, 0) is 11.2 Å². The van der Waals surface area contributed by atoms with Crippen LogP contribution in [0.1, 0.15) is 35.7 Å². The fraction of sp³-hybridized carbons (Fsp3) is 0.308. The number of carbonyl (C=O) groups is 1. The molecule has 0 saturated carbocycles. The molecule has 0 N–H and O–H groups in total. The van der Waals surface area contributed by atoms with Gasteiger partial charge in [0.05, 0.1) is 6.04 Å². The van der Waals surface area contributed by atoms with Crippen LogP contribution in [-0.4, -0.2) is 46.9 Å². The average molecular weight is 436 g/mol. The Morgan fingerprint density at radius 2 is 1.44 bits per heavy atom. The first-order chi connectivity index (χ1) is 15.6. The van der Waals surface area contributed by atoms with E-state index in [1.807, 2.05) is 23.1 Å². The van der Waals surface area contributed by atoms with Gasteiger partial charge in [0.25, 0.3) is 0 Å². The van der Waals surface area contributed by atoms with Crippen LogP contribution in [0.25, 0.3) is 0 Å². The summed E-state index contributed by atoms with van der Waals surface area (Å²) >= 11 is 0. The molecule has 166 valence electrons. The van der Waals surface area contributed by atoms with Crippen LogP contribution in [0.2, 0.25) is 0 Å². The average Bonchev–Trinajstić information content (AvgIpc) is 2.83. The van der Waals surface area contributed by atoms with E-state index in [-0.39, 0.29) is 23.6 Å². The van der Waals surface area contributed by atoms with Crippen molar-refractivity contribution in [3.63, 3.8) is 0 Å². The molecule has 1 fully saturated rings. The monoisotopic (exact) mass is 435 g/mol. The van der Waals surface area contributed by atoms with E-state index >= 15 is 0 Å². The summed E-state index contributed by atoms with van der Waals surface area (Å²) in [6.45, 7) is 2.68. The van der Waals surface area contributed by atoms with Crippen LogP contribution in [0.3, 0.4) is 0 Å². The SMILES string of the molecule is O=C(CCCc1ccccn1)N1CCN(C(c2ccc(F)cc2)c2ccc(F)cc2)CC1. The third-order valence-corrected chi connectivity index (χ3v) is 5.95. The van der Waals surface area contributed by atoms with E-state index in [1.165, 1.54) is 24.3 Å². The van der Waals surface area contributed by atoms with Crippen molar-refractivity contribution in [2.75, 3.05) is 26.2 Å². The zero-order valence-electron chi connectivity index (χ0n) is 18.0. The fourth-order valence-electron chi connectivity index (χ4n) is 4.26. The van der Waals surface area contributed by atoms with Crippen molar-refractivity contribution in [3.8, 4) is 0 Å². The van der Waals surface area contributed by atoms with Crippen molar-refractivity contribution in [2.24, 2.45) is 0 Å². The molecule has 1 amide bonds. The van der Waals surface area contributed by atoms with Crippen LogP contribution in [0.5, 0.6) is 0 Å². The topological polar surface area (TPSA) is 36.4 Å². The fourth-order valence-corrected chi connectivity index (χ4v) is 4.26. The molecular weight excluding hydrogens is 408 g/mol. The Kier molecular flexibility index (Phi) is 7.22. The molecule has 0 atom stereocenters. The number of amides is 1. The Bertz CT molecular complexity index is 956. The number of rotatable bonds is 7. The molecule has 1 aliphatic rings. The van der Waals surface area contributed by atoms with Crippen molar-refractivity contribution in [1.29, 1.82) is 0 Å². The third kappa shape index (κ3) is 5.56. The van der Waals surface area contributed by atoms with E-state index in [0.717, 1.165) is 29.7 Å². The zero-order chi connectivity index (χ0) is 22.3. The summed E-state index contributed by atoms with van der Waals surface area (Å²) in [7, 11) is 0. The number of aryl methyl sites for hydroxylation is 1. The lowest BCUT2D eigenvalue weighted by atomic mass is 9.96. The van der Waals surface area contributed by atoms with E-state index in [9.17, 15) is 13.6 Å². The molecular formula is C26H27F2N3O. The molecule has 0 spiro atoms. The van der Waals surface area contributed by atoms with Crippen LogP contribution >= 0.6 is 0 Å². The Morgan fingerprint density at radius 1 is 0.844 bits per heavy atom. The van der Waals surface area contributed by atoms with E-state index in [0.29, 0.717) is 32.6 Å². The zero-order valence-corrected chi connectivity index (χ0v) is 18.0. The smallest absolute Gasteiger partial charge is 0.222 e. The first-order valence-electron chi connectivity index (χ1n) is 11.0. The summed E-state index contributed by atoms with van der Waals surface area (Å²) in [5, 5.41) is 0. The van der Waals surface area contributed by atoms with Gasteiger partial charge in [-0.3, -0.25) is 14.7 Å². The van der Waals surface area contributed by atoms with Gasteiger partial charge in [0.1, 0.15) is 11.6 Å². The quantitative estimate of drug-likeness (QED) is 0.544. The Labute approximate surface area is 187 Å². The summed E-state index contributed by atoms with van der Waals surface area (Å²) in [5.74, 6) is -0.402. The molecule has 1 aliphatic heterocycles. The van der Waals surface area contributed by atoms with Crippen LogP contribution < -0.4 is 0 Å². The van der Waals surface area contributed by atoms with Crippen LogP contribution in [0.15, 0.2) is 72.9 Å². The summed E-state index contributed by atoms with van der Waals surface area (Å²) in [6, 6.07) is 18.6. The van der Waals surface area contributed by atoms with Crippen molar-refractivity contribution in [1.82, 2.24) is 14.8 Å². The predicted octanol–water partition coefficient (Wildman–Crippen LogP) is 4.62. The van der Waals surface area contributed by atoms with E-state index in [2.05, 4.69) is 9.88 Å². The number of nitrogens with zero attached hydrogens (tertiary/aromatic N) is 3. The number of aromatic nitrogens is 1. The second-order valence-corrected chi connectivity index (χ2v) is 8.10. The number of hydrogen-bond acceptors (Lipinski definition) is 3. The minimum Gasteiger partial charge on any atom is -0.340 e. The Hall–Kier alpha value is -3.12. The number of pyridine rings is 1. The molecule has 0 unspecified atom stereocenters. The first kappa shape index (κ1) is 22.1. The van der Waals surface area contributed by atoms with Gasteiger partial charge in [0.2, 0.25) is 5.91 Å². The third-order valence-electron chi connectivity index (χ3n) is 5.95. The molecule has 1 saturated heterocycles. The first-order valence-corrected chi connectivity index (χ1v) is 11.0. The molecule has 2 heterocycles. The maximum Gasteiger partial charge on any atom is 0.222 e. The van der Waals surface area contributed by atoms with Gasteiger partial charge in [-0.15, -0.1) is 0 Å². The molecule has 4 rings (SSSR count). The van der Waals surface area contributed by atoms with Gasteiger partial charge in [0.15, 0.2) is 0 Å². The molecule has 3 aromatic rings. The lowest BCUT2D eigenvalue weighted by Gasteiger charge is -2.40. The highest BCUT2D eigenvalue weighted by molar-refractivity contribution is 5.76. The normalized spacial score (nSPS) is 14.7. The maximum atomic E-state index is 13.5. The van der Waals surface area contributed by atoms with Gasteiger partial charge in [-0.2, -0.15) is 0 Å². The highest BCUT2D eigenvalue weighted by Crippen LogP contribution is 2.30. The number of piperazine rings is 1. The molecule has 4 nitrogen and oxygen atoms in total. The van der Waals surface area contributed by atoms with Gasteiger partial charge < -0.3 is 4.90 Å². The second-order valence-electron chi connectivity index (χ2n) is 8.10. The van der Waals surface area contributed by atoms with E-state index in [1.54, 1.807) is 30.5 Å². The molecule has 0 radical (unpaired) electrons. The van der Waals surface area contributed by atoms with Gasteiger partial charge in [0, 0.05) is 44.5 Å². The minimum absolute atomic E-state index is 0.113. The molecule has 0 bridgehead atoms. The number of hydrogen-bond donors (Lipinski definition) is 0. The molecule has 2 aromatic carbocycles. The standard InChI is InChI=1S/C26H27F2N3O/c27-22-11-7-20(8-12-22)26(21-9-13-23(28)14-10-21)31-18-16-30(17-19-31)25(32)6-3-5-24-4-1-2-15-29-24/h1-2,4,7-15,26H,3,5-6,16-19H2.